The molecule has 3 aromatic rings. The minimum absolute atomic E-state index is 0.815. The van der Waals surface area contributed by atoms with Crippen molar-refractivity contribution in [3.8, 4) is 10.4 Å². The standard InChI is InChI=1S/C16H12OS2/c17-10-14-9-16(13-4-2-1-3-5-13)19-15(14)8-12-6-7-18-11-12/h1-7,9-11H,8H2. The van der Waals surface area contributed by atoms with Gasteiger partial charge in [0.1, 0.15) is 0 Å². The van der Waals surface area contributed by atoms with Crippen molar-refractivity contribution in [2.75, 3.05) is 0 Å². The Morgan fingerprint density at radius 3 is 2.63 bits per heavy atom. The van der Waals surface area contributed by atoms with E-state index in [9.17, 15) is 4.79 Å². The highest BCUT2D eigenvalue weighted by molar-refractivity contribution is 7.15. The second-order valence-corrected chi connectivity index (χ2v) is 6.20. The Bertz CT molecular complexity index is 666. The Hall–Kier alpha value is -1.71. The van der Waals surface area contributed by atoms with Gasteiger partial charge in [0.2, 0.25) is 0 Å². The molecule has 2 aromatic heterocycles. The van der Waals surface area contributed by atoms with Gasteiger partial charge < -0.3 is 0 Å². The normalized spacial score (nSPS) is 10.5. The summed E-state index contributed by atoms with van der Waals surface area (Å²) in [5.74, 6) is 0. The molecular weight excluding hydrogens is 272 g/mol. The largest absolute Gasteiger partial charge is 0.298 e. The fourth-order valence-electron chi connectivity index (χ4n) is 2.00. The SMILES string of the molecule is O=Cc1cc(-c2ccccc2)sc1Cc1ccsc1. The van der Waals surface area contributed by atoms with Crippen LogP contribution in [0.15, 0.2) is 53.2 Å². The average Bonchev–Trinajstić information content (AvgIpc) is 3.10. The fraction of sp³-hybridized carbons (Fsp3) is 0.0625. The molecule has 2 heterocycles. The molecule has 1 nitrogen and oxygen atoms in total. The summed E-state index contributed by atoms with van der Waals surface area (Å²) in [6.07, 6.45) is 1.81. The summed E-state index contributed by atoms with van der Waals surface area (Å²) in [5.41, 5.74) is 3.26. The molecule has 0 saturated heterocycles. The van der Waals surface area contributed by atoms with Gasteiger partial charge in [-0.15, -0.1) is 11.3 Å². The van der Waals surface area contributed by atoms with Crippen LogP contribution in [0.2, 0.25) is 0 Å². The molecule has 94 valence electrons. The molecule has 0 bridgehead atoms. The molecule has 3 rings (SSSR count). The van der Waals surface area contributed by atoms with Gasteiger partial charge in [-0.3, -0.25) is 4.79 Å². The number of rotatable bonds is 4. The van der Waals surface area contributed by atoms with E-state index in [4.69, 9.17) is 0 Å². The minimum atomic E-state index is 0.815. The van der Waals surface area contributed by atoms with E-state index in [2.05, 4.69) is 29.0 Å². The number of thiophene rings is 2. The van der Waals surface area contributed by atoms with Gasteiger partial charge in [-0.25, -0.2) is 0 Å². The summed E-state index contributed by atoms with van der Waals surface area (Å²) in [4.78, 5) is 13.5. The zero-order chi connectivity index (χ0) is 13.1. The molecule has 3 heteroatoms. The van der Waals surface area contributed by atoms with Crippen molar-refractivity contribution in [1.29, 1.82) is 0 Å². The molecule has 0 unspecified atom stereocenters. The van der Waals surface area contributed by atoms with Crippen LogP contribution in [0, 0.1) is 0 Å². The van der Waals surface area contributed by atoms with E-state index in [1.807, 2.05) is 24.3 Å². The summed E-state index contributed by atoms with van der Waals surface area (Å²) >= 11 is 3.40. The molecule has 19 heavy (non-hydrogen) atoms. The van der Waals surface area contributed by atoms with Crippen molar-refractivity contribution in [1.82, 2.24) is 0 Å². The Kier molecular flexibility index (Phi) is 3.58. The summed E-state index contributed by atoms with van der Waals surface area (Å²) < 4.78 is 0. The Labute approximate surface area is 120 Å². The predicted octanol–water partition coefficient (Wildman–Crippen LogP) is 4.88. The maximum absolute atomic E-state index is 11.2. The third-order valence-electron chi connectivity index (χ3n) is 2.97. The van der Waals surface area contributed by atoms with Gasteiger partial charge in [0.25, 0.3) is 0 Å². The number of carbonyl (C=O) groups excluding carboxylic acids is 1. The van der Waals surface area contributed by atoms with E-state index in [1.165, 1.54) is 11.1 Å². The summed E-state index contributed by atoms with van der Waals surface area (Å²) in [6, 6.07) is 14.3. The Balaban J connectivity index is 1.97. The van der Waals surface area contributed by atoms with Crippen molar-refractivity contribution in [2.24, 2.45) is 0 Å². The van der Waals surface area contributed by atoms with Crippen molar-refractivity contribution in [3.05, 3.63) is 69.2 Å². The quantitative estimate of drug-likeness (QED) is 0.624. The zero-order valence-electron chi connectivity index (χ0n) is 10.2. The summed E-state index contributed by atoms with van der Waals surface area (Å²) in [7, 11) is 0. The number of benzene rings is 1. The van der Waals surface area contributed by atoms with Crippen LogP contribution in [0.3, 0.4) is 0 Å². The van der Waals surface area contributed by atoms with Crippen LogP contribution in [0.1, 0.15) is 20.8 Å². The lowest BCUT2D eigenvalue weighted by molar-refractivity contribution is 0.112. The lowest BCUT2D eigenvalue weighted by atomic mass is 10.1. The molecule has 0 radical (unpaired) electrons. The van der Waals surface area contributed by atoms with Crippen molar-refractivity contribution in [2.45, 2.75) is 6.42 Å². The first-order valence-electron chi connectivity index (χ1n) is 6.01. The number of hydrogen-bond acceptors (Lipinski definition) is 3. The van der Waals surface area contributed by atoms with E-state index in [1.54, 1.807) is 22.7 Å². The molecule has 0 amide bonds. The van der Waals surface area contributed by atoms with Crippen LogP contribution >= 0.6 is 22.7 Å². The molecule has 0 N–H and O–H groups in total. The zero-order valence-corrected chi connectivity index (χ0v) is 11.8. The number of aldehydes is 1. The molecule has 0 atom stereocenters. The van der Waals surface area contributed by atoms with Crippen LogP contribution in [-0.4, -0.2) is 6.29 Å². The molecule has 0 aliphatic rings. The molecule has 0 aliphatic heterocycles. The second kappa shape index (κ2) is 5.51. The fourth-order valence-corrected chi connectivity index (χ4v) is 3.84. The minimum Gasteiger partial charge on any atom is -0.298 e. The first-order valence-corrected chi connectivity index (χ1v) is 7.77. The molecule has 0 spiro atoms. The number of carbonyl (C=O) groups is 1. The highest BCUT2D eigenvalue weighted by Gasteiger charge is 2.10. The molecular formula is C16H12OS2. The van der Waals surface area contributed by atoms with Crippen molar-refractivity contribution < 1.29 is 4.79 Å². The topological polar surface area (TPSA) is 17.1 Å². The lowest BCUT2D eigenvalue weighted by Crippen LogP contribution is -1.86. The molecule has 1 aromatic carbocycles. The van der Waals surface area contributed by atoms with E-state index in [-0.39, 0.29) is 0 Å². The predicted molar refractivity (Wildman–Crippen MR) is 82.3 cm³/mol. The van der Waals surface area contributed by atoms with Gasteiger partial charge in [0, 0.05) is 21.7 Å². The summed E-state index contributed by atoms with van der Waals surface area (Å²) in [5, 5.41) is 4.21. The Morgan fingerprint density at radius 1 is 1.11 bits per heavy atom. The smallest absolute Gasteiger partial charge is 0.151 e. The van der Waals surface area contributed by atoms with E-state index in [0.29, 0.717) is 0 Å². The highest BCUT2D eigenvalue weighted by atomic mass is 32.1. The van der Waals surface area contributed by atoms with E-state index in [0.717, 1.165) is 28.0 Å². The average molecular weight is 284 g/mol. The lowest BCUT2D eigenvalue weighted by Gasteiger charge is -1.96. The van der Waals surface area contributed by atoms with E-state index >= 15 is 0 Å². The van der Waals surface area contributed by atoms with Crippen molar-refractivity contribution >= 4 is 29.0 Å². The maximum atomic E-state index is 11.2. The van der Waals surface area contributed by atoms with Crippen LogP contribution in [0.5, 0.6) is 0 Å². The van der Waals surface area contributed by atoms with Crippen LogP contribution in [0.4, 0.5) is 0 Å². The maximum Gasteiger partial charge on any atom is 0.151 e. The van der Waals surface area contributed by atoms with Crippen LogP contribution < -0.4 is 0 Å². The summed E-state index contributed by atoms with van der Waals surface area (Å²) in [6.45, 7) is 0. The first kappa shape index (κ1) is 12.3. The molecule has 0 fully saturated rings. The highest BCUT2D eigenvalue weighted by Crippen LogP contribution is 2.32. The van der Waals surface area contributed by atoms with Gasteiger partial charge >= 0.3 is 0 Å². The molecule has 0 saturated carbocycles. The number of hydrogen-bond donors (Lipinski definition) is 0. The second-order valence-electron chi connectivity index (χ2n) is 4.28. The van der Waals surface area contributed by atoms with Crippen LogP contribution in [-0.2, 0) is 6.42 Å². The van der Waals surface area contributed by atoms with Crippen molar-refractivity contribution in [3.63, 3.8) is 0 Å². The Morgan fingerprint density at radius 2 is 1.95 bits per heavy atom. The van der Waals surface area contributed by atoms with Gasteiger partial charge in [-0.1, -0.05) is 30.3 Å². The van der Waals surface area contributed by atoms with Gasteiger partial charge in [-0.2, -0.15) is 11.3 Å². The van der Waals surface area contributed by atoms with Gasteiger partial charge in [0.05, 0.1) is 0 Å². The molecule has 0 aliphatic carbocycles. The third kappa shape index (κ3) is 2.67. The monoisotopic (exact) mass is 284 g/mol. The third-order valence-corrected chi connectivity index (χ3v) is 4.90. The van der Waals surface area contributed by atoms with Gasteiger partial charge in [0.15, 0.2) is 6.29 Å². The van der Waals surface area contributed by atoms with Gasteiger partial charge in [-0.05, 0) is 34.0 Å². The first-order chi connectivity index (χ1) is 9.36. The van der Waals surface area contributed by atoms with Crippen LogP contribution in [0.25, 0.3) is 10.4 Å². The van der Waals surface area contributed by atoms with E-state index < -0.39 is 0 Å².